The minimum absolute atomic E-state index is 0.242. The van der Waals surface area contributed by atoms with Crippen molar-refractivity contribution in [3.63, 3.8) is 0 Å². The van der Waals surface area contributed by atoms with Gasteiger partial charge in [0.2, 0.25) is 0 Å². The first-order chi connectivity index (χ1) is 13.2. The van der Waals surface area contributed by atoms with E-state index in [-0.39, 0.29) is 12.4 Å². The lowest BCUT2D eigenvalue weighted by Gasteiger charge is -2.35. The smallest absolute Gasteiger partial charge is 0.412 e. The summed E-state index contributed by atoms with van der Waals surface area (Å²) in [6.07, 6.45) is 5.02. The van der Waals surface area contributed by atoms with E-state index in [4.69, 9.17) is 14.2 Å². The zero-order valence-corrected chi connectivity index (χ0v) is 15.2. The number of nitrogens with one attached hydrogen (secondary N) is 1. The van der Waals surface area contributed by atoms with Gasteiger partial charge in [0.05, 0.1) is 25.1 Å². The highest BCUT2D eigenvalue weighted by Gasteiger charge is 2.40. The van der Waals surface area contributed by atoms with Gasteiger partial charge in [0, 0.05) is 24.5 Å². The van der Waals surface area contributed by atoms with Gasteiger partial charge in [0.1, 0.15) is 6.61 Å². The van der Waals surface area contributed by atoms with Gasteiger partial charge in [-0.15, -0.1) is 0 Å². The number of carbonyl (C=O) groups excluding carboxylic acids is 1. The molecule has 27 heavy (non-hydrogen) atoms. The predicted molar refractivity (Wildman–Crippen MR) is 100 cm³/mol. The number of hydrogen-bond acceptors (Lipinski definition) is 5. The molecule has 1 amide bonds. The van der Waals surface area contributed by atoms with Gasteiger partial charge in [-0.1, -0.05) is 30.3 Å². The molecule has 4 rings (SSSR count). The van der Waals surface area contributed by atoms with Gasteiger partial charge < -0.3 is 14.2 Å². The average Bonchev–Trinajstić information content (AvgIpc) is 3.16. The van der Waals surface area contributed by atoms with E-state index in [0.717, 1.165) is 36.9 Å². The van der Waals surface area contributed by atoms with E-state index >= 15 is 0 Å². The van der Waals surface area contributed by atoms with Crippen LogP contribution in [-0.4, -0.2) is 30.1 Å². The number of hydrogen-bond donors (Lipinski definition) is 1. The van der Waals surface area contributed by atoms with Crippen LogP contribution in [0.25, 0.3) is 0 Å². The maximum atomic E-state index is 11.9. The molecule has 1 saturated carbocycles. The summed E-state index contributed by atoms with van der Waals surface area (Å²) >= 11 is 0. The Hall–Kier alpha value is -2.44. The van der Waals surface area contributed by atoms with E-state index in [9.17, 15) is 4.79 Å². The summed E-state index contributed by atoms with van der Waals surface area (Å²) in [4.78, 5) is 16.5. The molecule has 0 radical (unpaired) electrons. The third-order valence-corrected chi connectivity index (χ3v) is 5.22. The van der Waals surface area contributed by atoms with Crippen molar-refractivity contribution < 1.29 is 19.0 Å². The normalized spacial score (nSPS) is 19.1. The first kappa shape index (κ1) is 17.9. The van der Waals surface area contributed by atoms with Crippen LogP contribution in [0.15, 0.2) is 48.7 Å². The van der Waals surface area contributed by atoms with E-state index in [1.807, 2.05) is 42.5 Å². The van der Waals surface area contributed by atoms with Crippen LogP contribution in [0.3, 0.4) is 0 Å². The second-order valence-corrected chi connectivity index (χ2v) is 7.04. The van der Waals surface area contributed by atoms with E-state index in [0.29, 0.717) is 24.8 Å². The Balaban J connectivity index is 1.27. The van der Waals surface area contributed by atoms with Crippen LogP contribution in [0.2, 0.25) is 0 Å². The van der Waals surface area contributed by atoms with Crippen molar-refractivity contribution in [2.45, 2.75) is 44.0 Å². The van der Waals surface area contributed by atoms with Crippen molar-refractivity contribution in [2.75, 3.05) is 18.5 Å². The molecule has 0 bridgehead atoms. The maximum Gasteiger partial charge on any atom is 0.412 e. The fraction of sp³-hybridized carbons (Fsp3) is 0.429. The van der Waals surface area contributed by atoms with Crippen molar-refractivity contribution in [3.05, 3.63) is 59.9 Å². The van der Waals surface area contributed by atoms with Crippen LogP contribution in [0.5, 0.6) is 0 Å². The minimum Gasteiger partial charge on any atom is -0.444 e. The van der Waals surface area contributed by atoms with Crippen molar-refractivity contribution in [1.82, 2.24) is 4.98 Å². The van der Waals surface area contributed by atoms with Gasteiger partial charge in [-0.25, -0.2) is 4.79 Å². The van der Waals surface area contributed by atoms with Crippen molar-refractivity contribution in [2.24, 2.45) is 0 Å². The fourth-order valence-corrected chi connectivity index (χ4v) is 3.74. The summed E-state index contributed by atoms with van der Waals surface area (Å²) in [7, 11) is 0. The Bertz CT molecular complexity index is 748. The Morgan fingerprint density at radius 1 is 1.11 bits per heavy atom. The van der Waals surface area contributed by atoms with Crippen LogP contribution in [-0.2, 0) is 20.8 Å². The van der Waals surface area contributed by atoms with Crippen molar-refractivity contribution in [1.29, 1.82) is 0 Å². The van der Waals surface area contributed by atoms with Crippen molar-refractivity contribution >= 4 is 11.8 Å². The lowest BCUT2D eigenvalue weighted by molar-refractivity contribution is -0.178. The molecule has 1 aromatic heterocycles. The minimum atomic E-state index is -0.483. The Morgan fingerprint density at radius 3 is 2.52 bits per heavy atom. The van der Waals surface area contributed by atoms with Crippen LogP contribution >= 0.6 is 0 Å². The summed E-state index contributed by atoms with van der Waals surface area (Å²) in [6.45, 7) is 1.64. The number of carbonyl (C=O) groups is 1. The Kier molecular flexibility index (Phi) is 5.36. The largest absolute Gasteiger partial charge is 0.444 e. The number of rotatable bonds is 4. The van der Waals surface area contributed by atoms with E-state index in [1.165, 1.54) is 0 Å². The Morgan fingerprint density at radius 2 is 1.85 bits per heavy atom. The predicted octanol–water partition coefficient (Wildman–Crippen LogP) is 4.23. The second-order valence-electron chi connectivity index (χ2n) is 7.04. The zero-order valence-electron chi connectivity index (χ0n) is 15.2. The highest BCUT2D eigenvalue weighted by molar-refractivity contribution is 5.84. The quantitative estimate of drug-likeness (QED) is 0.874. The summed E-state index contributed by atoms with van der Waals surface area (Å²) in [5.74, 6) is 0.0584. The monoisotopic (exact) mass is 368 g/mol. The molecule has 2 aromatic rings. The average molecular weight is 368 g/mol. The fourth-order valence-electron chi connectivity index (χ4n) is 3.74. The van der Waals surface area contributed by atoms with Gasteiger partial charge in [0.15, 0.2) is 5.79 Å². The molecule has 2 aliphatic rings. The number of benzene rings is 1. The third kappa shape index (κ3) is 4.46. The molecule has 0 atom stereocenters. The highest BCUT2D eigenvalue weighted by Crippen LogP contribution is 2.41. The van der Waals surface area contributed by atoms with E-state index in [1.54, 1.807) is 6.20 Å². The molecule has 1 aliphatic carbocycles. The molecule has 0 unspecified atom stereocenters. The molecule has 1 spiro atoms. The van der Waals surface area contributed by atoms with Gasteiger partial charge in [0.25, 0.3) is 0 Å². The summed E-state index contributed by atoms with van der Waals surface area (Å²) < 4.78 is 16.8. The van der Waals surface area contributed by atoms with Gasteiger partial charge in [-0.2, -0.15) is 0 Å². The molecular formula is C21H24N2O4. The number of aromatic nitrogens is 1. The summed E-state index contributed by atoms with van der Waals surface area (Å²) in [5.41, 5.74) is 2.63. The van der Waals surface area contributed by atoms with Crippen LogP contribution in [0.1, 0.15) is 42.9 Å². The number of anilines is 1. The maximum absolute atomic E-state index is 11.9. The number of amides is 1. The lowest BCUT2D eigenvalue weighted by atomic mass is 9.83. The SMILES string of the molecule is O=C(Nc1ccc(C2CCC3(CC2)OCCO3)nc1)OCc1ccccc1. The standard InChI is InChI=1S/C21H24N2O4/c24-20(25-15-16-4-2-1-3-5-16)23-18-6-7-19(22-14-18)17-8-10-21(11-9-17)26-12-13-27-21/h1-7,14,17H,8-13,15H2,(H,23,24). The van der Waals surface area contributed by atoms with Crippen LogP contribution in [0.4, 0.5) is 10.5 Å². The van der Waals surface area contributed by atoms with Crippen LogP contribution < -0.4 is 5.32 Å². The molecule has 2 fully saturated rings. The molecule has 6 heteroatoms. The molecule has 2 heterocycles. The molecular weight excluding hydrogens is 344 g/mol. The number of ether oxygens (including phenoxy) is 3. The third-order valence-electron chi connectivity index (χ3n) is 5.22. The zero-order chi connectivity index (χ0) is 18.5. The topological polar surface area (TPSA) is 69.7 Å². The summed E-state index contributed by atoms with van der Waals surface area (Å²) in [6, 6.07) is 13.4. The Labute approximate surface area is 158 Å². The molecule has 1 saturated heterocycles. The van der Waals surface area contributed by atoms with E-state index < -0.39 is 6.09 Å². The molecule has 6 nitrogen and oxygen atoms in total. The first-order valence-electron chi connectivity index (χ1n) is 9.44. The molecule has 142 valence electrons. The van der Waals surface area contributed by atoms with Gasteiger partial charge >= 0.3 is 6.09 Å². The molecule has 1 aliphatic heterocycles. The molecule has 1 N–H and O–H groups in total. The number of nitrogens with zero attached hydrogens (tertiary/aromatic N) is 1. The van der Waals surface area contributed by atoms with Gasteiger partial charge in [-0.3, -0.25) is 10.3 Å². The highest BCUT2D eigenvalue weighted by atomic mass is 16.7. The van der Waals surface area contributed by atoms with E-state index in [2.05, 4.69) is 10.3 Å². The second kappa shape index (κ2) is 8.06. The number of pyridine rings is 1. The first-order valence-corrected chi connectivity index (χ1v) is 9.44. The van der Waals surface area contributed by atoms with Crippen LogP contribution in [0, 0.1) is 0 Å². The summed E-state index contributed by atoms with van der Waals surface area (Å²) in [5, 5.41) is 2.72. The van der Waals surface area contributed by atoms with Crippen molar-refractivity contribution in [3.8, 4) is 0 Å². The lowest BCUT2D eigenvalue weighted by Crippen LogP contribution is -2.34. The molecule has 1 aromatic carbocycles. The van der Waals surface area contributed by atoms with Gasteiger partial charge in [-0.05, 0) is 30.5 Å².